The summed E-state index contributed by atoms with van der Waals surface area (Å²) in [7, 11) is 0. The Morgan fingerprint density at radius 2 is 2.07 bits per heavy atom. The number of nitrogens with one attached hydrogen (secondary N) is 1. The molecule has 0 spiro atoms. The van der Waals surface area contributed by atoms with Gasteiger partial charge in [0.25, 0.3) is 6.29 Å². The second-order valence-corrected chi connectivity index (χ2v) is 3.02. The summed E-state index contributed by atoms with van der Waals surface area (Å²) < 4.78 is 0. The molecular formula is C11H9N2O. The summed E-state index contributed by atoms with van der Waals surface area (Å²) >= 11 is 0. The van der Waals surface area contributed by atoms with E-state index in [0.717, 1.165) is 12.1 Å². The number of hydrogen-bond acceptors (Lipinski definition) is 2. The maximum absolute atomic E-state index is 10.3. The second kappa shape index (κ2) is 3.87. The second-order valence-electron chi connectivity index (χ2n) is 3.02. The molecule has 69 valence electrons. The van der Waals surface area contributed by atoms with Crippen molar-refractivity contribution >= 4 is 6.29 Å². The molecule has 0 aliphatic carbocycles. The van der Waals surface area contributed by atoms with Gasteiger partial charge in [0, 0.05) is 18.3 Å². The van der Waals surface area contributed by atoms with Gasteiger partial charge in [-0.25, -0.2) is 4.98 Å². The summed E-state index contributed by atoms with van der Waals surface area (Å²) in [5, 5.41) is 0. The first-order valence-electron chi connectivity index (χ1n) is 4.34. The van der Waals surface area contributed by atoms with Crippen LogP contribution < -0.4 is 0 Å². The molecule has 1 N–H and O–H groups in total. The molecular weight excluding hydrogens is 176 g/mol. The van der Waals surface area contributed by atoms with Crippen LogP contribution >= 0.6 is 0 Å². The third-order valence-corrected chi connectivity index (χ3v) is 1.96. The van der Waals surface area contributed by atoms with Crippen molar-refractivity contribution in [2.45, 2.75) is 6.42 Å². The Kier molecular flexibility index (Phi) is 2.40. The van der Waals surface area contributed by atoms with Crippen LogP contribution in [0.1, 0.15) is 17.1 Å². The molecule has 0 aliphatic rings. The quantitative estimate of drug-likeness (QED) is 0.786. The summed E-state index contributed by atoms with van der Waals surface area (Å²) in [6.07, 6.45) is 4.14. The molecule has 0 atom stereocenters. The topological polar surface area (TPSA) is 45.8 Å². The molecule has 0 fully saturated rings. The molecule has 2 rings (SSSR count). The number of imidazole rings is 1. The van der Waals surface area contributed by atoms with Crippen molar-refractivity contribution in [2.75, 3.05) is 0 Å². The van der Waals surface area contributed by atoms with E-state index in [4.69, 9.17) is 0 Å². The van der Waals surface area contributed by atoms with Crippen molar-refractivity contribution in [1.82, 2.24) is 9.97 Å². The first-order valence-corrected chi connectivity index (χ1v) is 4.34. The van der Waals surface area contributed by atoms with Crippen molar-refractivity contribution in [1.29, 1.82) is 0 Å². The number of H-pyrrole nitrogens is 1. The minimum Gasteiger partial charge on any atom is -0.339 e. The largest absolute Gasteiger partial charge is 0.339 e. The third kappa shape index (κ3) is 1.88. The molecule has 3 nitrogen and oxygen atoms in total. The zero-order valence-electron chi connectivity index (χ0n) is 7.53. The number of hydrogen-bond donors (Lipinski definition) is 1. The van der Waals surface area contributed by atoms with Crippen LogP contribution in [0.5, 0.6) is 0 Å². The molecule has 0 aliphatic heterocycles. The maximum Gasteiger partial charge on any atom is 0.271 e. The number of carbonyl (C=O) groups excluding carboxylic acids is 1. The van der Waals surface area contributed by atoms with Crippen LogP contribution in [0.25, 0.3) is 0 Å². The van der Waals surface area contributed by atoms with Crippen molar-refractivity contribution in [2.24, 2.45) is 0 Å². The van der Waals surface area contributed by atoms with Gasteiger partial charge in [-0.15, -0.1) is 0 Å². The monoisotopic (exact) mass is 185 g/mol. The van der Waals surface area contributed by atoms with Gasteiger partial charge in [-0.1, -0.05) is 30.3 Å². The van der Waals surface area contributed by atoms with Crippen LogP contribution in [0, 0.1) is 0 Å². The minimum absolute atomic E-state index is 0.260. The predicted octanol–water partition coefficient (Wildman–Crippen LogP) is 1.46. The highest BCUT2D eigenvalue weighted by Gasteiger charge is 2.00. The van der Waals surface area contributed by atoms with E-state index in [9.17, 15) is 4.79 Å². The van der Waals surface area contributed by atoms with Crippen LogP contribution in [-0.4, -0.2) is 16.3 Å². The van der Waals surface area contributed by atoms with E-state index in [1.165, 1.54) is 5.56 Å². The Morgan fingerprint density at radius 3 is 2.71 bits per heavy atom. The van der Waals surface area contributed by atoms with Gasteiger partial charge in [0.05, 0.1) is 0 Å². The Morgan fingerprint density at radius 1 is 1.29 bits per heavy atom. The first-order chi connectivity index (χ1) is 6.88. The number of benzene rings is 1. The van der Waals surface area contributed by atoms with Gasteiger partial charge in [-0.2, -0.15) is 0 Å². The van der Waals surface area contributed by atoms with E-state index in [-0.39, 0.29) is 5.82 Å². The molecule has 0 amide bonds. The van der Waals surface area contributed by atoms with E-state index in [1.807, 2.05) is 30.3 Å². The Bertz CT molecular complexity index is 420. The molecule has 1 radical (unpaired) electrons. The smallest absolute Gasteiger partial charge is 0.271 e. The lowest BCUT2D eigenvalue weighted by Gasteiger charge is -1.96. The third-order valence-electron chi connectivity index (χ3n) is 1.96. The average molecular weight is 185 g/mol. The Hall–Kier alpha value is -1.90. The van der Waals surface area contributed by atoms with Gasteiger partial charge in [0.15, 0.2) is 5.82 Å². The van der Waals surface area contributed by atoms with Gasteiger partial charge in [0.1, 0.15) is 0 Å². The molecule has 1 heterocycles. The molecule has 1 aromatic carbocycles. The van der Waals surface area contributed by atoms with Crippen LogP contribution in [-0.2, 0) is 11.2 Å². The van der Waals surface area contributed by atoms with Gasteiger partial charge in [-0.05, 0) is 5.56 Å². The van der Waals surface area contributed by atoms with Crippen molar-refractivity contribution < 1.29 is 4.79 Å². The molecule has 0 saturated heterocycles. The highest BCUT2D eigenvalue weighted by molar-refractivity contribution is 5.69. The van der Waals surface area contributed by atoms with Crippen LogP contribution in [0.2, 0.25) is 0 Å². The number of aromatic nitrogens is 2. The summed E-state index contributed by atoms with van der Waals surface area (Å²) in [5.74, 6) is 0.260. The predicted molar refractivity (Wildman–Crippen MR) is 52.6 cm³/mol. The molecule has 14 heavy (non-hydrogen) atoms. The van der Waals surface area contributed by atoms with Crippen LogP contribution in [0.3, 0.4) is 0 Å². The lowest BCUT2D eigenvalue weighted by molar-refractivity contribution is 0.560. The maximum atomic E-state index is 10.3. The van der Waals surface area contributed by atoms with E-state index in [2.05, 4.69) is 9.97 Å². The standard InChI is InChI=1S/C11H9N2O/c14-8-11-12-7-10(13-11)6-9-4-2-1-3-5-9/h1-5,7H,6H2,(H,12,13). The fourth-order valence-corrected chi connectivity index (χ4v) is 1.32. The molecule has 0 saturated carbocycles. The highest BCUT2D eigenvalue weighted by atomic mass is 16.1. The van der Waals surface area contributed by atoms with Crippen LogP contribution in [0.15, 0.2) is 36.5 Å². The van der Waals surface area contributed by atoms with Crippen molar-refractivity contribution in [3.05, 3.63) is 53.6 Å². The molecule has 3 heteroatoms. The number of nitrogens with zero attached hydrogens (tertiary/aromatic N) is 1. The Balaban J connectivity index is 2.15. The van der Waals surface area contributed by atoms with Gasteiger partial charge in [-0.3, -0.25) is 4.79 Å². The fraction of sp³-hybridized carbons (Fsp3) is 0.0909. The van der Waals surface area contributed by atoms with Crippen molar-refractivity contribution in [3.8, 4) is 0 Å². The summed E-state index contributed by atoms with van der Waals surface area (Å²) in [6.45, 7) is 0. The highest BCUT2D eigenvalue weighted by Crippen LogP contribution is 2.06. The molecule has 0 bridgehead atoms. The average Bonchev–Trinajstić information content (AvgIpc) is 2.67. The fourth-order valence-electron chi connectivity index (χ4n) is 1.32. The van der Waals surface area contributed by atoms with Gasteiger partial charge < -0.3 is 4.98 Å². The zero-order chi connectivity index (χ0) is 9.80. The van der Waals surface area contributed by atoms with Gasteiger partial charge >= 0.3 is 0 Å². The Labute approximate surface area is 81.8 Å². The van der Waals surface area contributed by atoms with Gasteiger partial charge in [0.2, 0.25) is 0 Å². The summed E-state index contributed by atoms with van der Waals surface area (Å²) in [4.78, 5) is 17.0. The van der Waals surface area contributed by atoms with E-state index in [0.29, 0.717) is 0 Å². The van der Waals surface area contributed by atoms with Crippen molar-refractivity contribution in [3.63, 3.8) is 0 Å². The van der Waals surface area contributed by atoms with E-state index >= 15 is 0 Å². The zero-order valence-corrected chi connectivity index (χ0v) is 7.53. The first kappa shape index (κ1) is 8.69. The SMILES string of the molecule is O=[C]c1ncc(Cc2ccccc2)[nH]1. The number of aromatic amines is 1. The van der Waals surface area contributed by atoms with E-state index in [1.54, 1.807) is 12.5 Å². The molecule has 1 aromatic heterocycles. The normalized spacial score (nSPS) is 10.0. The lowest BCUT2D eigenvalue weighted by Crippen LogP contribution is -1.88. The number of rotatable bonds is 3. The van der Waals surface area contributed by atoms with E-state index < -0.39 is 0 Å². The minimum atomic E-state index is 0.260. The molecule has 2 aromatic rings. The summed E-state index contributed by atoms with van der Waals surface area (Å²) in [6, 6.07) is 10.0. The lowest BCUT2D eigenvalue weighted by atomic mass is 10.1. The molecule has 0 unspecified atom stereocenters. The van der Waals surface area contributed by atoms with Crippen LogP contribution in [0.4, 0.5) is 0 Å². The summed E-state index contributed by atoms with van der Waals surface area (Å²) in [5.41, 5.74) is 2.11.